The van der Waals surface area contributed by atoms with Crippen LogP contribution in [0.4, 0.5) is 0 Å². The number of aliphatic hydroxyl groups excluding tert-OH is 1. The molecular weight excluding hydrogens is 416 g/mol. The van der Waals surface area contributed by atoms with Crippen molar-refractivity contribution in [2.45, 2.75) is 25.0 Å². The molecule has 2 aromatic carbocycles. The van der Waals surface area contributed by atoms with Crippen LogP contribution in [0, 0.1) is 11.8 Å². The van der Waals surface area contributed by atoms with Gasteiger partial charge in [0.2, 0.25) is 0 Å². The van der Waals surface area contributed by atoms with Gasteiger partial charge in [-0.2, -0.15) is 0 Å². The Hall–Kier alpha value is -3.22. The van der Waals surface area contributed by atoms with Crippen molar-refractivity contribution >= 4 is 16.9 Å². The standard InChI is InChI=1S/C20H24N2O2.C7H6O2/c1-3-13-12-22-9-7-14(13)10-19(22)20(23)16-6-8-21-18-5-4-15(24-2)11-17(16)18;8-7(9)6-4-2-1-3-5-6/h3-6,8,11,13-14,19-20,23H,1,7,9-10,12H2,2H3;1-5H,(H,8,9)/t13-,14?,19-,20?;/m1./s1. The molecule has 3 aromatic rings. The Labute approximate surface area is 194 Å². The molecule has 4 heterocycles. The van der Waals surface area contributed by atoms with E-state index in [1.54, 1.807) is 43.6 Å². The van der Waals surface area contributed by atoms with Crippen LogP contribution < -0.4 is 4.74 Å². The molecule has 0 aliphatic carbocycles. The van der Waals surface area contributed by atoms with Crippen LogP contribution in [0.5, 0.6) is 5.75 Å². The zero-order valence-corrected chi connectivity index (χ0v) is 18.8. The molecule has 0 radical (unpaired) electrons. The van der Waals surface area contributed by atoms with Crippen LogP contribution in [0.2, 0.25) is 0 Å². The minimum absolute atomic E-state index is 0.178. The van der Waals surface area contributed by atoms with Crippen molar-refractivity contribution < 1.29 is 19.7 Å². The molecule has 1 aromatic heterocycles. The van der Waals surface area contributed by atoms with Gasteiger partial charge < -0.3 is 14.9 Å². The molecule has 33 heavy (non-hydrogen) atoms. The fourth-order valence-electron chi connectivity index (χ4n) is 5.03. The molecule has 0 amide bonds. The van der Waals surface area contributed by atoms with Gasteiger partial charge in [0.15, 0.2) is 0 Å². The number of pyridine rings is 1. The highest BCUT2D eigenvalue weighted by Crippen LogP contribution is 2.42. The number of aromatic carboxylic acids is 1. The Bertz CT molecular complexity index is 1120. The maximum Gasteiger partial charge on any atom is 0.335 e. The number of piperidine rings is 3. The highest BCUT2D eigenvalue weighted by atomic mass is 16.5. The van der Waals surface area contributed by atoms with Crippen LogP contribution in [-0.2, 0) is 0 Å². The Morgan fingerprint density at radius 3 is 2.64 bits per heavy atom. The van der Waals surface area contributed by atoms with Gasteiger partial charge in [-0.25, -0.2) is 4.79 Å². The summed E-state index contributed by atoms with van der Waals surface area (Å²) in [6, 6.07) is 16.3. The number of benzene rings is 2. The maximum absolute atomic E-state index is 11.2. The van der Waals surface area contributed by atoms with Crippen LogP contribution in [0.15, 0.2) is 73.4 Å². The zero-order chi connectivity index (χ0) is 23.4. The summed E-state index contributed by atoms with van der Waals surface area (Å²) in [7, 11) is 1.66. The first-order valence-corrected chi connectivity index (χ1v) is 11.3. The lowest BCUT2D eigenvalue weighted by Crippen LogP contribution is -2.54. The molecule has 5 atom stereocenters. The van der Waals surface area contributed by atoms with Crippen molar-refractivity contribution in [3.63, 3.8) is 0 Å². The quantitative estimate of drug-likeness (QED) is 0.559. The van der Waals surface area contributed by atoms with Crippen LogP contribution in [0.25, 0.3) is 10.9 Å². The molecule has 3 unspecified atom stereocenters. The number of rotatable bonds is 5. The van der Waals surface area contributed by atoms with Crippen LogP contribution in [0.1, 0.15) is 34.9 Å². The molecule has 2 N–H and O–H groups in total. The van der Waals surface area contributed by atoms with Crippen LogP contribution >= 0.6 is 0 Å². The summed E-state index contributed by atoms with van der Waals surface area (Å²) >= 11 is 0. The van der Waals surface area contributed by atoms with Crippen molar-refractivity contribution in [1.82, 2.24) is 9.88 Å². The molecule has 3 aliphatic rings. The van der Waals surface area contributed by atoms with Crippen LogP contribution in [0.3, 0.4) is 0 Å². The van der Waals surface area contributed by atoms with E-state index in [4.69, 9.17) is 9.84 Å². The van der Waals surface area contributed by atoms with Crippen molar-refractivity contribution in [3.8, 4) is 5.75 Å². The van der Waals surface area contributed by atoms with Gasteiger partial charge >= 0.3 is 5.97 Å². The van der Waals surface area contributed by atoms with E-state index in [9.17, 15) is 9.90 Å². The summed E-state index contributed by atoms with van der Waals surface area (Å²) in [5, 5.41) is 20.5. The SMILES string of the molecule is C=C[C@@H]1CN2CCC1C[C@@H]2C(O)c1ccnc2ccc(OC)cc12.O=C(O)c1ccccc1. The van der Waals surface area contributed by atoms with Gasteiger partial charge in [-0.3, -0.25) is 9.88 Å². The Morgan fingerprint density at radius 2 is 2.03 bits per heavy atom. The average molecular weight is 447 g/mol. The van der Waals surface area contributed by atoms with E-state index in [0.29, 0.717) is 17.4 Å². The van der Waals surface area contributed by atoms with Gasteiger partial charge in [0, 0.05) is 24.2 Å². The fraction of sp³-hybridized carbons (Fsp3) is 0.333. The topological polar surface area (TPSA) is 82.9 Å². The number of carbonyl (C=O) groups is 1. The molecule has 2 bridgehead atoms. The number of hydrogen-bond acceptors (Lipinski definition) is 5. The molecule has 172 valence electrons. The predicted octanol–water partition coefficient (Wildman–Crippen LogP) is 4.56. The lowest BCUT2D eigenvalue weighted by Gasteiger charge is -2.50. The summed E-state index contributed by atoms with van der Waals surface area (Å²) in [4.78, 5) is 17.1. The molecule has 3 fully saturated rings. The highest BCUT2D eigenvalue weighted by Gasteiger charge is 2.42. The summed E-state index contributed by atoms with van der Waals surface area (Å²) in [5.41, 5.74) is 2.18. The third kappa shape index (κ3) is 4.92. The average Bonchev–Trinajstić information content (AvgIpc) is 2.88. The van der Waals surface area contributed by atoms with Crippen molar-refractivity contribution in [2.75, 3.05) is 20.2 Å². The van der Waals surface area contributed by atoms with Gasteiger partial charge in [0.05, 0.1) is 24.3 Å². The molecule has 3 saturated heterocycles. The second-order valence-corrected chi connectivity index (χ2v) is 8.65. The number of hydrogen-bond donors (Lipinski definition) is 2. The van der Waals surface area contributed by atoms with Gasteiger partial charge in [0.1, 0.15) is 5.75 Å². The first-order valence-electron chi connectivity index (χ1n) is 11.3. The summed E-state index contributed by atoms with van der Waals surface area (Å²) in [6.45, 7) is 6.07. The zero-order valence-electron chi connectivity index (χ0n) is 18.8. The number of carboxylic acids is 1. The summed E-state index contributed by atoms with van der Waals surface area (Å²) < 4.78 is 5.35. The predicted molar refractivity (Wildman–Crippen MR) is 128 cm³/mol. The lowest BCUT2D eigenvalue weighted by atomic mass is 9.73. The molecule has 0 spiro atoms. The summed E-state index contributed by atoms with van der Waals surface area (Å²) in [5.74, 6) is 1.13. The molecule has 3 aliphatic heterocycles. The van der Waals surface area contributed by atoms with Gasteiger partial charge in [-0.15, -0.1) is 6.58 Å². The van der Waals surface area contributed by atoms with E-state index < -0.39 is 12.1 Å². The van der Waals surface area contributed by atoms with Gasteiger partial charge in [-0.05, 0) is 73.2 Å². The second kappa shape index (κ2) is 10.1. The number of aliphatic hydroxyl groups is 1. The van der Waals surface area contributed by atoms with E-state index >= 15 is 0 Å². The summed E-state index contributed by atoms with van der Waals surface area (Å²) in [6.07, 6.45) is 5.62. The van der Waals surface area contributed by atoms with E-state index in [1.165, 1.54) is 6.42 Å². The van der Waals surface area contributed by atoms with Gasteiger partial charge in [-0.1, -0.05) is 24.3 Å². The monoisotopic (exact) mass is 446 g/mol. The van der Waals surface area contributed by atoms with Crippen LogP contribution in [-0.4, -0.2) is 52.3 Å². The minimum Gasteiger partial charge on any atom is -0.497 e. The number of aromatic nitrogens is 1. The molecule has 6 nitrogen and oxygen atoms in total. The van der Waals surface area contributed by atoms with E-state index in [1.807, 2.05) is 24.3 Å². The highest BCUT2D eigenvalue weighted by molar-refractivity contribution is 5.87. The minimum atomic E-state index is -0.879. The van der Waals surface area contributed by atoms with E-state index in [0.717, 1.165) is 41.7 Å². The first-order chi connectivity index (χ1) is 16.0. The largest absolute Gasteiger partial charge is 0.497 e. The van der Waals surface area contributed by atoms with E-state index in [-0.39, 0.29) is 6.04 Å². The Kier molecular flexibility index (Phi) is 7.06. The molecular formula is C27H30N2O4. The third-order valence-corrected chi connectivity index (χ3v) is 6.84. The molecule has 6 rings (SSSR count). The number of nitrogens with zero attached hydrogens (tertiary/aromatic N) is 2. The Balaban J connectivity index is 0.000000243. The van der Waals surface area contributed by atoms with Crippen molar-refractivity contribution in [3.05, 3.63) is 84.6 Å². The first kappa shape index (κ1) is 23.0. The lowest BCUT2D eigenvalue weighted by molar-refractivity contribution is -0.0444. The van der Waals surface area contributed by atoms with E-state index in [2.05, 4.69) is 22.5 Å². The number of ether oxygens (including phenoxy) is 1. The number of carboxylic acid groups (broad SMARTS) is 1. The second-order valence-electron chi connectivity index (χ2n) is 8.65. The number of fused-ring (bicyclic) bond motifs is 4. The maximum atomic E-state index is 11.2. The smallest absolute Gasteiger partial charge is 0.335 e. The fourth-order valence-corrected chi connectivity index (χ4v) is 5.03. The Morgan fingerprint density at radius 1 is 1.24 bits per heavy atom. The molecule has 0 saturated carbocycles. The number of methoxy groups -OCH3 is 1. The van der Waals surface area contributed by atoms with Gasteiger partial charge in [0.25, 0.3) is 0 Å². The third-order valence-electron chi connectivity index (χ3n) is 6.84. The van der Waals surface area contributed by atoms with Crippen molar-refractivity contribution in [1.29, 1.82) is 0 Å². The van der Waals surface area contributed by atoms with Crippen molar-refractivity contribution in [2.24, 2.45) is 11.8 Å². The molecule has 6 heteroatoms. The normalized spacial score (nSPS) is 24.4.